The van der Waals surface area contributed by atoms with Gasteiger partial charge < -0.3 is 0 Å². The van der Waals surface area contributed by atoms with Gasteiger partial charge in [0, 0.05) is 17.8 Å². The van der Waals surface area contributed by atoms with E-state index in [4.69, 9.17) is 11.6 Å². The van der Waals surface area contributed by atoms with Crippen LogP contribution >= 0.6 is 11.6 Å². The molecule has 1 aromatic heterocycles. The number of aryl methyl sites for hydroxylation is 1. The molecular formula is C7H7ClFN. The summed E-state index contributed by atoms with van der Waals surface area (Å²) >= 11 is 5.42. The first kappa shape index (κ1) is 7.48. The highest BCUT2D eigenvalue weighted by atomic mass is 35.5. The van der Waals surface area contributed by atoms with Crippen molar-refractivity contribution in [1.29, 1.82) is 0 Å². The van der Waals surface area contributed by atoms with Crippen molar-refractivity contribution < 1.29 is 4.39 Å². The van der Waals surface area contributed by atoms with Gasteiger partial charge in [0.25, 0.3) is 0 Å². The first-order chi connectivity index (χ1) is 4.74. The number of pyridine rings is 1. The van der Waals surface area contributed by atoms with Crippen molar-refractivity contribution in [2.75, 3.05) is 0 Å². The van der Waals surface area contributed by atoms with Gasteiger partial charge in [-0.25, -0.2) is 9.37 Å². The number of nitrogens with zero attached hydrogens (tertiary/aromatic N) is 1. The van der Waals surface area contributed by atoms with Crippen molar-refractivity contribution in [3.8, 4) is 0 Å². The SMILES string of the molecule is CCc1cnc(Cl)cc1F. The predicted octanol–water partition coefficient (Wildman–Crippen LogP) is 2.44. The molecule has 0 radical (unpaired) electrons. The number of hydrogen-bond acceptors (Lipinski definition) is 1. The maximum absolute atomic E-state index is 12.7. The molecule has 0 aliphatic carbocycles. The van der Waals surface area contributed by atoms with Gasteiger partial charge in [-0.2, -0.15) is 0 Å². The maximum Gasteiger partial charge on any atom is 0.131 e. The summed E-state index contributed by atoms with van der Waals surface area (Å²) in [5, 5.41) is 0.203. The smallest absolute Gasteiger partial charge is 0.131 e. The summed E-state index contributed by atoms with van der Waals surface area (Å²) in [6.07, 6.45) is 2.10. The number of rotatable bonds is 1. The lowest BCUT2D eigenvalue weighted by molar-refractivity contribution is 0.609. The van der Waals surface area contributed by atoms with Crippen molar-refractivity contribution in [2.24, 2.45) is 0 Å². The second-order valence-electron chi connectivity index (χ2n) is 1.95. The van der Waals surface area contributed by atoms with Crippen LogP contribution in [0.4, 0.5) is 4.39 Å². The summed E-state index contributed by atoms with van der Waals surface area (Å²) in [5.74, 6) is -0.275. The summed E-state index contributed by atoms with van der Waals surface area (Å²) in [6.45, 7) is 1.87. The lowest BCUT2D eigenvalue weighted by Gasteiger charge is -1.96. The van der Waals surface area contributed by atoms with Gasteiger partial charge >= 0.3 is 0 Å². The molecule has 0 amide bonds. The molecule has 0 aliphatic rings. The molecule has 0 spiro atoms. The van der Waals surface area contributed by atoms with Gasteiger partial charge in [0.05, 0.1) is 0 Å². The Kier molecular flexibility index (Phi) is 2.22. The van der Waals surface area contributed by atoms with E-state index < -0.39 is 0 Å². The highest BCUT2D eigenvalue weighted by Gasteiger charge is 1.99. The molecule has 0 atom stereocenters. The zero-order valence-electron chi connectivity index (χ0n) is 5.56. The molecule has 54 valence electrons. The minimum atomic E-state index is -0.275. The minimum Gasteiger partial charge on any atom is -0.244 e. The summed E-state index contributed by atoms with van der Waals surface area (Å²) in [6, 6.07) is 1.22. The summed E-state index contributed by atoms with van der Waals surface area (Å²) < 4.78 is 12.7. The molecule has 0 N–H and O–H groups in total. The molecule has 3 heteroatoms. The summed E-state index contributed by atoms with van der Waals surface area (Å²) in [7, 11) is 0. The van der Waals surface area contributed by atoms with Crippen molar-refractivity contribution in [1.82, 2.24) is 4.98 Å². The van der Waals surface area contributed by atoms with Gasteiger partial charge in [0.15, 0.2) is 0 Å². The van der Waals surface area contributed by atoms with Gasteiger partial charge in [-0.3, -0.25) is 0 Å². The van der Waals surface area contributed by atoms with E-state index in [1.54, 1.807) is 0 Å². The summed E-state index contributed by atoms with van der Waals surface area (Å²) in [5.41, 5.74) is 0.601. The molecule has 1 rings (SSSR count). The molecule has 0 saturated carbocycles. The third kappa shape index (κ3) is 1.45. The fourth-order valence-corrected chi connectivity index (χ4v) is 0.841. The molecule has 0 aromatic carbocycles. The monoisotopic (exact) mass is 159 g/mol. The lowest BCUT2D eigenvalue weighted by atomic mass is 10.2. The normalized spacial score (nSPS) is 9.90. The zero-order chi connectivity index (χ0) is 7.56. The van der Waals surface area contributed by atoms with E-state index in [0.29, 0.717) is 12.0 Å². The molecule has 0 unspecified atom stereocenters. The van der Waals surface area contributed by atoms with Crippen molar-refractivity contribution in [2.45, 2.75) is 13.3 Å². The van der Waals surface area contributed by atoms with Crippen LogP contribution in [-0.4, -0.2) is 4.98 Å². The molecule has 1 aromatic rings. The van der Waals surface area contributed by atoms with Gasteiger partial charge in [0.2, 0.25) is 0 Å². The Morgan fingerprint density at radius 3 is 2.90 bits per heavy atom. The first-order valence-electron chi connectivity index (χ1n) is 3.04. The van der Waals surface area contributed by atoms with Crippen LogP contribution in [0.1, 0.15) is 12.5 Å². The number of hydrogen-bond donors (Lipinski definition) is 0. The topological polar surface area (TPSA) is 12.9 Å². The Balaban J connectivity index is 3.07. The van der Waals surface area contributed by atoms with Crippen LogP contribution in [0.5, 0.6) is 0 Å². The second kappa shape index (κ2) is 2.97. The van der Waals surface area contributed by atoms with Crippen LogP contribution in [0.2, 0.25) is 5.15 Å². The van der Waals surface area contributed by atoms with E-state index in [1.165, 1.54) is 12.3 Å². The molecule has 0 aliphatic heterocycles. The Morgan fingerprint density at radius 1 is 1.70 bits per heavy atom. The van der Waals surface area contributed by atoms with E-state index in [0.717, 1.165) is 0 Å². The van der Waals surface area contributed by atoms with Crippen LogP contribution in [0, 0.1) is 5.82 Å². The first-order valence-corrected chi connectivity index (χ1v) is 3.41. The van der Waals surface area contributed by atoms with Crippen molar-refractivity contribution in [3.63, 3.8) is 0 Å². The molecule has 10 heavy (non-hydrogen) atoms. The highest BCUT2D eigenvalue weighted by molar-refractivity contribution is 6.29. The fourth-order valence-electron chi connectivity index (χ4n) is 0.696. The van der Waals surface area contributed by atoms with Crippen LogP contribution in [0.15, 0.2) is 12.3 Å². The van der Waals surface area contributed by atoms with Crippen LogP contribution in [-0.2, 0) is 6.42 Å². The third-order valence-electron chi connectivity index (χ3n) is 1.28. The fraction of sp³-hybridized carbons (Fsp3) is 0.286. The zero-order valence-corrected chi connectivity index (χ0v) is 6.32. The van der Waals surface area contributed by atoms with E-state index >= 15 is 0 Å². The van der Waals surface area contributed by atoms with Gasteiger partial charge in [-0.15, -0.1) is 0 Å². The average molecular weight is 160 g/mol. The largest absolute Gasteiger partial charge is 0.244 e. The quantitative estimate of drug-likeness (QED) is 0.574. The molecule has 0 saturated heterocycles. The predicted molar refractivity (Wildman–Crippen MR) is 38.6 cm³/mol. The average Bonchev–Trinajstić information content (AvgIpc) is 1.88. The minimum absolute atomic E-state index is 0.203. The van der Waals surface area contributed by atoms with Gasteiger partial charge in [-0.1, -0.05) is 18.5 Å². The van der Waals surface area contributed by atoms with Crippen LogP contribution in [0.25, 0.3) is 0 Å². The number of halogens is 2. The third-order valence-corrected chi connectivity index (χ3v) is 1.48. The van der Waals surface area contributed by atoms with Crippen molar-refractivity contribution in [3.05, 3.63) is 28.8 Å². The van der Waals surface area contributed by atoms with E-state index in [-0.39, 0.29) is 11.0 Å². The Labute approximate surface area is 63.8 Å². The molecule has 0 fully saturated rings. The molecular weight excluding hydrogens is 153 g/mol. The Hall–Kier alpha value is -0.630. The highest BCUT2D eigenvalue weighted by Crippen LogP contribution is 2.10. The second-order valence-corrected chi connectivity index (χ2v) is 2.34. The molecule has 1 heterocycles. The molecule has 1 nitrogen and oxygen atoms in total. The van der Waals surface area contributed by atoms with Gasteiger partial charge in [-0.05, 0) is 6.42 Å². The lowest BCUT2D eigenvalue weighted by Crippen LogP contribution is -1.88. The van der Waals surface area contributed by atoms with Crippen LogP contribution < -0.4 is 0 Å². The van der Waals surface area contributed by atoms with Crippen LogP contribution in [0.3, 0.4) is 0 Å². The van der Waals surface area contributed by atoms with E-state index in [1.807, 2.05) is 6.92 Å². The van der Waals surface area contributed by atoms with E-state index in [9.17, 15) is 4.39 Å². The summed E-state index contributed by atoms with van der Waals surface area (Å²) in [4.78, 5) is 3.74. The van der Waals surface area contributed by atoms with Gasteiger partial charge in [0.1, 0.15) is 11.0 Å². The maximum atomic E-state index is 12.7. The Bertz CT molecular complexity index is 237. The molecule has 0 bridgehead atoms. The van der Waals surface area contributed by atoms with E-state index in [2.05, 4.69) is 4.98 Å². The number of aromatic nitrogens is 1. The standard InChI is InChI=1S/C7H7ClFN/c1-2-5-4-10-7(8)3-6(5)9/h3-4H,2H2,1H3. The Morgan fingerprint density at radius 2 is 2.40 bits per heavy atom. The van der Waals surface area contributed by atoms with Crippen molar-refractivity contribution >= 4 is 11.6 Å².